The van der Waals surface area contributed by atoms with E-state index in [1.54, 1.807) is 18.0 Å². The molecule has 1 atom stereocenters. The zero-order valence-electron chi connectivity index (χ0n) is 7.62. The molecular formula is C8H12BrN3S. The fraction of sp³-hybridized carbons (Fsp3) is 0.625. The van der Waals surface area contributed by atoms with E-state index in [2.05, 4.69) is 45.2 Å². The Hall–Kier alpha value is -0.160. The van der Waals surface area contributed by atoms with Gasteiger partial charge in [-0.1, -0.05) is 27.7 Å². The van der Waals surface area contributed by atoms with E-state index in [-0.39, 0.29) is 5.54 Å². The number of amidine groups is 1. The number of rotatable bonds is 0. The standard InChI is InChI=1S/C8H12BrN3S/c1-8(2)6(9)5-13-7-10-3-4-11-12(7)8/h3-4,6,11H,5H2,1-2H3. The number of halogens is 1. The molecule has 0 amide bonds. The molecule has 0 radical (unpaired) electrons. The summed E-state index contributed by atoms with van der Waals surface area (Å²) in [5, 5.41) is 3.17. The minimum Gasteiger partial charge on any atom is -0.302 e. The molecule has 1 unspecified atom stereocenters. The lowest BCUT2D eigenvalue weighted by Crippen LogP contribution is -2.61. The van der Waals surface area contributed by atoms with Crippen molar-refractivity contribution in [3.05, 3.63) is 12.4 Å². The zero-order valence-corrected chi connectivity index (χ0v) is 10.0. The van der Waals surface area contributed by atoms with Crippen LogP contribution < -0.4 is 5.43 Å². The van der Waals surface area contributed by atoms with Gasteiger partial charge in [-0.25, -0.2) is 4.99 Å². The van der Waals surface area contributed by atoms with Crippen LogP contribution in [0.1, 0.15) is 13.8 Å². The smallest absolute Gasteiger partial charge is 0.183 e. The average Bonchev–Trinajstić information content (AvgIpc) is 2.13. The van der Waals surface area contributed by atoms with Crippen molar-refractivity contribution < 1.29 is 0 Å². The summed E-state index contributed by atoms with van der Waals surface area (Å²) in [6.45, 7) is 4.40. The maximum Gasteiger partial charge on any atom is 0.183 e. The van der Waals surface area contributed by atoms with Crippen LogP contribution in [0.3, 0.4) is 0 Å². The van der Waals surface area contributed by atoms with Gasteiger partial charge >= 0.3 is 0 Å². The summed E-state index contributed by atoms with van der Waals surface area (Å²) in [5.74, 6) is 1.07. The van der Waals surface area contributed by atoms with Crippen LogP contribution in [0.5, 0.6) is 0 Å². The van der Waals surface area contributed by atoms with Crippen molar-refractivity contribution >= 4 is 32.9 Å². The van der Waals surface area contributed by atoms with Gasteiger partial charge in [0, 0.05) is 23.0 Å². The average molecular weight is 262 g/mol. The molecule has 0 spiro atoms. The van der Waals surface area contributed by atoms with E-state index in [0.717, 1.165) is 10.9 Å². The zero-order chi connectivity index (χ0) is 9.47. The van der Waals surface area contributed by atoms with Gasteiger partial charge in [0.15, 0.2) is 5.17 Å². The van der Waals surface area contributed by atoms with Crippen molar-refractivity contribution in [1.82, 2.24) is 10.4 Å². The van der Waals surface area contributed by atoms with Crippen molar-refractivity contribution in [2.45, 2.75) is 24.2 Å². The van der Waals surface area contributed by atoms with Gasteiger partial charge < -0.3 is 5.43 Å². The van der Waals surface area contributed by atoms with E-state index in [0.29, 0.717) is 4.83 Å². The topological polar surface area (TPSA) is 27.6 Å². The van der Waals surface area contributed by atoms with Gasteiger partial charge in [0.05, 0.1) is 5.54 Å². The molecule has 0 aromatic rings. The first-order chi connectivity index (χ1) is 6.12. The Bertz CT molecular complexity index is 275. The number of hydrogen-bond acceptors (Lipinski definition) is 4. The van der Waals surface area contributed by atoms with E-state index in [4.69, 9.17) is 0 Å². The normalized spacial score (nSPS) is 30.5. The number of aliphatic imine (C=N–C) groups is 1. The van der Waals surface area contributed by atoms with Crippen LogP contribution in [0, 0.1) is 0 Å². The first kappa shape index (κ1) is 9.40. The molecule has 0 bridgehead atoms. The molecule has 72 valence electrons. The van der Waals surface area contributed by atoms with Crippen LogP contribution in [0.2, 0.25) is 0 Å². The third-order valence-electron chi connectivity index (χ3n) is 2.36. The lowest BCUT2D eigenvalue weighted by atomic mass is 10.0. The number of thioether (sulfide) groups is 1. The fourth-order valence-corrected chi connectivity index (χ4v) is 3.19. The van der Waals surface area contributed by atoms with E-state index >= 15 is 0 Å². The maximum atomic E-state index is 4.32. The van der Waals surface area contributed by atoms with Crippen LogP contribution in [-0.2, 0) is 0 Å². The molecule has 2 aliphatic rings. The molecule has 5 heteroatoms. The third-order valence-corrected chi connectivity index (χ3v) is 5.27. The predicted molar refractivity (Wildman–Crippen MR) is 60.8 cm³/mol. The summed E-state index contributed by atoms with van der Waals surface area (Å²) in [4.78, 5) is 4.80. The highest BCUT2D eigenvalue weighted by molar-refractivity contribution is 9.09. The van der Waals surface area contributed by atoms with Crippen molar-refractivity contribution in [2.24, 2.45) is 4.99 Å². The summed E-state index contributed by atoms with van der Waals surface area (Å²) in [6, 6.07) is 0. The van der Waals surface area contributed by atoms with Crippen molar-refractivity contribution in [3.63, 3.8) is 0 Å². The van der Waals surface area contributed by atoms with Gasteiger partial charge in [-0.05, 0) is 13.8 Å². The Kier molecular flexibility index (Phi) is 2.32. The molecular weight excluding hydrogens is 250 g/mol. The number of fused-ring (bicyclic) bond motifs is 1. The fourth-order valence-electron chi connectivity index (χ4n) is 1.33. The summed E-state index contributed by atoms with van der Waals surface area (Å²) in [5.41, 5.74) is 3.28. The van der Waals surface area contributed by atoms with Crippen LogP contribution in [0.4, 0.5) is 0 Å². The van der Waals surface area contributed by atoms with Crippen LogP contribution in [0.25, 0.3) is 0 Å². The molecule has 0 aliphatic carbocycles. The Morgan fingerprint density at radius 1 is 1.77 bits per heavy atom. The predicted octanol–water partition coefficient (Wildman–Crippen LogP) is 1.92. The van der Waals surface area contributed by atoms with E-state index in [1.807, 2.05) is 6.20 Å². The molecule has 2 aliphatic heterocycles. The lowest BCUT2D eigenvalue weighted by molar-refractivity contribution is 0.175. The van der Waals surface area contributed by atoms with E-state index < -0.39 is 0 Å². The first-order valence-electron chi connectivity index (χ1n) is 4.18. The van der Waals surface area contributed by atoms with Crippen molar-refractivity contribution in [3.8, 4) is 0 Å². The number of nitrogens with zero attached hydrogens (tertiary/aromatic N) is 2. The molecule has 1 N–H and O–H groups in total. The Labute approximate surface area is 90.8 Å². The van der Waals surface area contributed by atoms with Crippen molar-refractivity contribution in [2.75, 3.05) is 5.75 Å². The second kappa shape index (κ2) is 3.20. The molecule has 2 heterocycles. The van der Waals surface area contributed by atoms with Crippen LogP contribution >= 0.6 is 27.7 Å². The first-order valence-corrected chi connectivity index (χ1v) is 6.08. The Morgan fingerprint density at radius 2 is 2.54 bits per heavy atom. The van der Waals surface area contributed by atoms with Gasteiger partial charge in [-0.15, -0.1) is 0 Å². The third kappa shape index (κ3) is 1.48. The number of hydrogen-bond donors (Lipinski definition) is 1. The maximum absolute atomic E-state index is 4.32. The minimum atomic E-state index is 0.0643. The SMILES string of the molecule is CC1(C)C(Br)CSC2=NC=CNN21. The largest absolute Gasteiger partial charge is 0.302 e. The second-order valence-corrected chi connectivity index (χ2v) is 5.72. The number of nitrogens with one attached hydrogen (secondary N) is 1. The van der Waals surface area contributed by atoms with E-state index in [1.165, 1.54) is 0 Å². The highest BCUT2D eigenvalue weighted by Gasteiger charge is 2.41. The van der Waals surface area contributed by atoms with Crippen LogP contribution in [0.15, 0.2) is 17.4 Å². The molecule has 1 saturated heterocycles. The molecule has 0 saturated carbocycles. The summed E-state index contributed by atoms with van der Waals surface area (Å²) in [7, 11) is 0. The van der Waals surface area contributed by atoms with E-state index in [9.17, 15) is 0 Å². The number of hydrazine groups is 1. The van der Waals surface area contributed by atoms with Gasteiger partial charge in [-0.3, -0.25) is 5.01 Å². The Morgan fingerprint density at radius 3 is 3.31 bits per heavy atom. The summed E-state index contributed by atoms with van der Waals surface area (Å²) in [6.07, 6.45) is 3.65. The lowest BCUT2D eigenvalue weighted by Gasteiger charge is -2.47. The molecule has 1 fully saturated rings. The highest BCUT2D eigenvalue weighted by atomic mass is 79.9. The molecule has 0 aromatic heterocycles. The van der Waals surface area contributed by atoms with Gasteiger partial charge in [0.2, 0.25) is 0 Å². The highest BCUT2D eigenvalue weighted by Crippen LogP contribution is 2.35. The second-order valence-electron chi connectivity index (χ2n) is 3.62. The molecule has 13 heavy (non-hydrogen) atoms. The Balaban J connectivity index is 2.29. The summed E-state index contributed by atoms with van der Waals surface area (Å²) < 4.78 is 0. The monoisotopic (exact) mass is 261 g/mol. The van der Waals surface area contributed by atoms with Gasteiger partial charge in [0.1, 0.15) is 0 Å². The quantitative estimate of drug-likeness (QED) is 0.676. The minimum absolute atomic E-state index is 0.0643. The van der Waals surface area contributed by atoms with Gasteiger partial charge in [-0.2, -0.15) is 0 Å². The molecule has 0 aromatic carbocycles. The van der Waals surface area contributed by atoms with Crippen LogP contribution in [-0.4, -0.2) is 26.3 Å². The number of alkyl halides is 1. The molecule has 3 nitrogen and oxygen atoms in total. The van der Waals surface area contributed by atoms with Crippen molar-refractivity contribution in [1.29, 1.82) is 0 Å². The molecule has 2 rings (SSSR count). The van der Waals surface area contributed by atoms with Gasteiger partial charge in [0.25, 0.3) is 0 Å². The summed E-state index contributed by atoms with van der Waals surface area (Å²) >= 11 is 5.46.